The fraction of sp³-hybridized carbons (Fsp3) is 0.545. The first kappa shape index (κ1) is 14.0. The van der Waals surface area contributed by atoms with Crippen molar-refractivity contribution in [1.82, 2.24) is 9.71 Å². The zero-order valence-corrected chi connectivity index (χ0v) is 10.3. The molecule has 0 saturated carbocycles. The van der Waals surface area contributed by atoms with Crippen molar-refractivity contribution in [3.8, 4) is 5.88 Å². The van der Waals surface area contributed by atoms with E-state index < -0.39 is 17.6 Å². The summed E-state index contributed by atoms with van der Waals surface area (Å²) in [5.74, 6) is -1.31. The molecule has 1 atom stereocenters. The van der Waals surface area contributed by atoms with Crippen molar-refractivity contribution in [2.24, 2.45) is 5.92 Å². The minimum absolute atomic E-state index is 0.0716. The van der Waals surface area contributed by atoms with Gasteiger partial charge in [0.05, 0.1) is 5.92 Å². The van der Waals surface area contributed by atoms with Crippen molar-refractivity contribution in [2.45, 2.75) is 33.1 Å². The van der Waals surface area contributed by atoms with Crippen LogP contribution in [0.25, 0.3) is 0 Å². The lowest BCUT2D eigenvalue weighted by molar-refractivity contribution is -0.149. The third kappa shape index (κ3) is 4.08. The zero-order valence-electron chi connectivity index (χ0n) is 10.3. The summed E-state index contributed by atoms with van der Waals surface area (Å²) in [7, 11) is 0. The van der Waals surface area contributed by atoms with Gasteiger partial charge in [-0.2, -0.15) is 0 Å². The van der Waals surface area contributed by atoms with Crippen LogP contribution in [0.2, 0.25) is 0 Å². The molecule has 100 valence electrons. The van der Waals surface area contributed by atoms with Crippen LogP contribution in [0.4, 0.5) is 0 Å². The number of carbonyl (C=O) groups excluding carboxylic acids is 2. The highest BCUT2D eigenvalue weighted by molar-refractivity contribution is 5.75. The Morgan fingerprint density at radius 1 is 1.56 bits per heavy atom. The van der Waals surface area contributed by atoms with Crippen molar-refractivity contribution in [3.05, 3.63) is 16.7 Å². The number of ketones is 1. The molecule has 0 saturated heterocycles. The number of aromatic amines is 1. The van der Waals surface area contributed by atoms with Gasteiger partial charge in [0.1, 0.15) is 12.0 Å². The van der Waals surface area contributed by atoms with E-state index >= 15 is 0 Å². The number of nitrogens with zero attached hydrogens (tertiary/aromatic N) is 1. The third-order valence-electron chi connectivity index (χ3n) is 2.43. The summed E-state index contributed by atoms with van der Waals surface area (Å²) in [6.45, 7) is 3.14. The Kier molecular flexibility index (Phi) is 4.70. The number of Topliss-reactive ketones (excluding diaryl/α,β-unsaturated/α-hetero) is 1. The summed E-state index contributed by atoms with van der Waals surface area (Å²) in [4.78, 5) is 40.3. The zero-order chi connectivity index (χ0) is 13.7. The van der Waals surface area contributed by atoms with E-state index in [0.717, 1.165) is 6.20 Å². The second kappa shape index (κ2) is 6.04. The molecule has 1 aromatic heterocycles. The van der Waals surface area contributed by atoms with Gasteiger partial charge in [-0.1, -0.05) is 6.92 Å². The van der Waals surface area contributed by atoms with Gasteiger partial charge in [0.15, 0.2) is 0 Å². The number of imidazole rings is 1. The molecule has 0 fully saturated rings. The number of aromatic nitrogens is 2. The molecule has 7 heteroatoms. The van der Waals surface area contributed by atoms with E-state index in [1.54, 1.807) is 6.92 Å². The largest absolute Gasteiger partial charge is 0.493 e. The van der Waals surface area contributed by atoms with E-state index in [4.69, 9.17) is 9.94 Å². The average Bonchev–Trinajstić information content (AvgIpc) is 2.56. The minimum Gasteiger partial charge on any atom is -0.493 e. The summed E-state index contributed by atoms with van der Waals surface area (Å²) in [6, 6.07) is 0. The monoisotopic (exact) mass is 256 g/mol. The smallest absolute Gasteiger partial charge is 0.361 e. The second-order valence-electron chi connectivity index (χ2n) is 4.18. The predicted molar refractivity (Wildman–Crippen MR) is 62.0 cm³/mol. The van der Waals surface area contributed by atoms with Crippen LogP contribution in [-0.2, 0) is 9.59 Å². The molecule has 2 N–H and O–H groups in total. The highest BCUT2D eigenvalue weighted by atomic mass is 16.7. The Balaban J connectivity index is 2.47. The molecule has 0 radical (unpaired) electrons. The van der Waals surface area contributed by atoms with Crippen LogP contribution in [0.1, 0.15) is 33.1 Å². The van der Waals surface area contributed by atoms with E-state index in [2.05, 4.69) is 4.98 Å². The number of H-pyrrole nitrogens is 1. The summed E-state index contributed by atoms with van der Waals surface area (Å²) in [5.41, 5.74) is -0.725. The van der Waals surface area contributed by atoms with Gasteiger partial charge < -0.3 is 14.7 Å². The lowest BCUT2D eigenvalue weighted by Crippen LogP contribution is -2.31. The molecule has 0 bridgehead atoms. The van der Waals surface area contributed by atoms with Gasteiger partial charge in [0.2, 0.25) is 5.88 Å². The molecule has 0 aromatic carbocycles. The maximum Gasteiger partial charge on any atom is 0.361 e. The van der Waals surface area contributed by atoms with Crippen LogP contribution in [0, 0.1) is 5.92 Å². The molecule has 1 rings (SSSR count). The third-order valence-corrected chi connectivity index (χ3v) is 2.43. The Labute approximate surface area is 103 Å². The SMILES string of the molecule is CC(=O)CCCC(C)C(=O)On1cc(O)[nH]c1=O. The quantitative estimate of drug-likeness (QED) is 0.758. The van der Waals surface area contributed by atoms with E-state index in [9.17, 15) is 14.4 Å². The first-order valence-corrected chi connectivity index (χ1v) is 5.62. The summed E-state index contributed by atoms with van der Waals surface area (Å²) in [6.07, 6.45) is 2.49. The first-order valence-electron chi connectivity index (χ1n) is 5.62. The topological polar surface area (TPSA) is 101 Å². The molecular formula is C11H16N2O5. The van der Waals surface area contributed by atoms with Crippen LogP contribution in [-0.4, -0.2) is 26.6 Å². The highest BCUT2D eigenvalue weighted by Crippen LogP contribution is 2.09. The summed E-state index contributed by atoms with van der Waals surface area (Å²) in [5, 5.41) is 8.98. The number of rotatable bonds is 6. The normalized spacial score (nSPS) is 12.1. The van der Waals surface area contributed by atoms with Crippen molar-refractivity contribution in [1.29, 1.82) is 0 Å². The van der Waals surface area contributed by atoms with Crippen LogP contribution < -0.4 is 10.5 Å². The number of hydrogen-bond donors (Lipinski definition) is 2. The van der Waals surface area contributed by atoms with Gasteiger partial charge in [-0.25, -0.2) is 9.59 Å². The number of carbonyl (C=O) groups is 2. The summed E-state index contributed by atoms with van der Waals surface area (Å²) < 4.78 is 0.638. The molecule has 1 heterocycles. The van der Waals surface area contributed by atoms with Crippen molar-refractivity contribution in [2.75, 3.05) is 0 Å². The molecule has 0 aliphatic carbocycles. The van der Waals surface area contributed by atoms with Gasteiger partial charge >= 0.3 is 11.7 Å². The second-order valence-corrected chi connectivity index (χ2v) is 4.18. The molecule has 0 aliphatic rings. The van der Waals surface area contributed by atoms with Crippen LogP contribution in [0.5, 0.6) is 5.88 Å². The molecule has 1 aromatic rings. The Hall–Kier alpha value is -2.05. The molecule has 7 nitrogen and oxygen atoms in total. The van der Waals surface area contributed by atoms with Crippen LogP contribution in [0.3, 0.4) is 0 Å². The molecule has 0 amide bonds. The first-order chi connectivity index (χ1) is 8.40. The predicted octanol–water partition coefficient (Wildman–Crippen LogP) is 0.233. The van der Waals surface area contributed by atoms with Crippen molar-refractivity contribution < 1.29 is 19.5 Å². The lowest BCUT2D eigenvalue weighted by atomic mass is 10.0. The molecule has 18 heavy (non-hydrogen) atoms. The fourth-order valence-electron chi connectivity index (χ4n) is 1.40. The van der Waals surface area contributed by atoms with Gasteiger partial charge in [-0.05, 0) is 19.8 Å². The van der Waals surface area contributed by atoms with Gasteiger partial charge in [-0.3, -0.25) is 4.98 Å². The fourth-order valence-corrected chi connectivity index (χ4v) is 1.40. The summed E-state index contributed by atoms with van der Waals surface area (Å²) >= 11 is 0. The molecule has 0 spiro atoms. The Morgan fingerprint density at radius 2 is 2.22 bits per heavy atom. The van der Waals surface area contributed by atoms with E-state index in [-0.39, 0.29) is 11.7 Å². The Bertz CT molecular complexity index is 488. The minimum atomic E-state index is -0.725. The lowest BCUT2D eigenvalue weighted by Gasteiger charge is -2.09. The molecule has 1 unspecified atom stereocenters. The van der Waals surface area contributed by atoms with Gasteiger partial charge in [-0.15, -0.1) is 4.73 Å². The maximum absolute atomic E-state index is 11.6. The number of aromatic hydroxyl groups is 1. The van der Waals surface area contributed by atoms with Gasteiger partial charge in [0, 0.05) is 6.42 Å². The number of nitrogens with one attached hydrogen (secondary N) is 1. The van der Waals surface area contributed by atoms with Gasteiger partial charge in [0.25, 0.3) is 0 Å². The standard InChI is InChI=1S/C11H16N2O5/c1-7(4-3-5-8(2)14)10(16)18-13-6-9(15)12-11(13)17/h6-7,15H,3-5H2,1-2H3,(H,12,17). The number of hydrogen-bond acceptors (Lipinski definition) is 5. The molecule has 0 aliphatic heterocycles. The van der Waals surface area contributed by atoms with Crippen molar-refractivity contribution >= 4 is 11.8 Å². The van der Waals surface area contributed by atoms with E-state index in [1.165, 1.54) is 6.92 Å². The van der Waals surface area contributed by atoms with E-state index in [1.807, 2.05) is 0 Å². The average molecular weight is 256 g/mol. The Morgan fingerprint density at radius 3 is 2.72 bits per heavy atom. The van der Waals surface area contributed by atoms with Crippen LogP contribution >= 0.6 is 0 Å². The molecular weight excluding hydrogens is 240 g/mol. The van der Waals surface area contributed by atoms with E-state index in [0.29, 0.717) is 24.0 Å². The maximum atomic E-state index is 11.6. The van der Waals surface area contributed by atoms with Crippen molar-refractivity contribution in [3.63, 3.8) is 0 Å². The highest BCUT2D eigenvalue weighted by Gasteiger charge is 2.17. The van der Waals surface area contributed by atoms with Crippen LogP contribution in [0.15, 0.2) is 11.0 Å².